The zero-order chi connectivity index (χ0) is 13.8. The van der Waals surface area contributed by atoms with Gasteiger partial charge in [0.05, 0.1) is 11.8 Å². The molecule has 1 N–H and O–H groups in total. The Morgan fingerprint density at radius 2 is 2.11 bits per heavy atom. The van der Waals surface area contributed by atoms with Gasteiger partial charge in [-0.2, -0.15) is 0 Å². The number of carboxylic acid groups (broad SMARTS) is 1. The number of halogens is 1. The summed E-state index contributed by atoms with van der Waals surface area (Å²) in [6, 6.07) is 1.16. The van der Waals surface area contributed by atoms with E-state index in [2.05, 4.69) is 4.98 Å². The van der Waals surface area contributed by atoms with Crippen molar-refractivity contribution >= 4 is 11.9 Å². The van der Waals surface area contributed by atoms with Crippen LogP contribution in [-0.2, 0) is 4.79 Å². The third kappa shape index (κ3) is 3.07. The summed E-state index contributed by atoms with van der Waals surface area (Å²) in [5.41, 5.74) is -0.122. The first-order valence-corrected chi connectivity index (χ1v) is 6.22. The van der Waals surface area contributed by atoms with E-state index in [1.54, 1.807) is 0 Å². The van der Waals surface area contributed by atoms with Crippen molar-refractivity contribution in [1.29, 1.82) is 0 Å². The molecule has 1 fully saturated rings. The van der Waals surface area contributed by atoms with Crippen LogP contribution < -0.4 is 0 Å². The number of aliphatic carboxylic acids is 1. The number of carboxylic acids is 1. The molecule has 0 spiro atoms. The number of pyridine rings is 1. The van der Waals surface area contributed by atoms with Crippen LogP contribution in [-0.4, -0.2) is 39.5 Å². The summed E-state index contributed by atoms with van der Waals surface area (Å²) < 4.78 is 13.6. The van der Waals surface area contributed by atoms with Gasteiger partial charge >= 0.3 is 5.97 Å². The molecular formula is C13H15FN2O3. The molecule has 1 aliphatic carbocycles. The Balaban J connectivity index is 2.24. The zero-order valence-corrected chi connectivity index (χ0v) is 10.4. The van der Waals surface area contributed by atoms with Gasteiger partial charge in [0.1, 0.15) is 6.54 Å². The molecule has 0 aliphatic heterocycles. The maximum atomic E-state index is 13.6. The number of hydrogen-bond acceptors (Lipinski definition) is 3. The Morgan fingerprint density at radius 3 is 2.68 bits per heavy atom. The number of carbonyl (C=O) groups excluding carboxylic acids is 1. The highest BCUT2D eigenvalue weighted by atomic mass is 19.1. The number of rotatable bonds is 4. The molecule has 19 heavy (non-hydrogen) atoms. The van der Waals surface area contributed by atoms with Crippen LogP contribution in [0.25, 0.3) is 0 Å². The number of carbonyl (C=O) groups is 2. The van der Waals surface area contributed by atoms with Gasteiger partial charge in [0.15, 0.2) is 5.82 Å². The maximum absolute atomic E-state index is 13.6. The smallest absolute Gasteiger partial charge is 0.323 e. The largest absolute Gasteiger partial charge is 0.480 e. The molecule has 1 aromatic rings. The maximum Gasteiger partial charge on any atom is 0.323 e. The van der Waals surface area contributed by atoms with E-state index < -0.39 is 24.2 Å². The normalized spacial score (nSPS) is 15.4. The van der Waals surface area contributed by atoms with Gasteiger partial charge in [-0.1, -0.05) is 12.8 Å². The van der Waals surface area contributed by atoms with Crippen LogP contribution in [0.3, 0.4) is 0 Å². The van der Waals surface area contributed by atoms with Gasteiger partial charge in [0.25, 0.3) is 5.91 Å². The molecule has 0 unspecified atom stereocenters. The van der Waals surface area contributed by atoms with Gasteiger partial charge in [-0.15, -0.1) is 0 Å². The van der Waals surface area contributed by atoms with E-state index in [1.165, 1.54) is 17.2 Å². The van der Waals surface area contributed by atoms with Crippen molar-refractivity contribution < 1.29 is 19.1 Å². The summed E-state index contributed by atoms with van der Waals surface area (Å²) in [6.45, 7) is -0.398. The van der Waals surface area contributed by atoms with E-state index in [4.69, 9.17) is 5.11 Å². The summed E-state index contributed by atoms with van der Waals surface area (Å²) in [7, 11) is 0. The molecule has 1 heterocycles. The first-order valence-electron chi connectivity index (χ1n) is 6.22. The second-order valence-corrected chi connectivity index (χ2v) is 4.62. The van der Waals surface area contributed by atoms with E-state index in [-0.39, 0.29) is 11.6 Å². The van der Waals surface area contributed by atoms with Crippen molar-refractivity contribution in [2.24, 2.45) is 0 Å². The van der Waals surface area contributed by atoms with Crippen molar-refractivity contribution in [3.8, 4) is 0 Å². The predicted octanol–water partition coefficient (Wildman–Crippen LogP) is 1.69. The molecular weight excluding hydrogens is 251 g/mol. The van der Waals surface area contributed by atoms with Crippen LogP contribution in [0.1, 0.15) is 36.0 Å². The minimum atomic E-state index is -1.09. The Hall–Kier alpha value is -1.98. The third-order valence-corrected chi connectivity index (χ3v) is 3.33. The lowest BCUT2D eigenvalue weighted by Crippen LogP contribution is -2.42. The fourth-order valence-corrected chi connectivity index (χ4v) is 2.43. The van der Waals surface area contributed by atoms with Gasteiger partial charge in [-0.05, 0) is 18.9 Å². The fourth-order valence-electron chi connectivity index (χ4n) is 2.43. The van der Waals surface area contributed by atoms with Gasteiger partial charge in [-0.3, -0.25) is 14.6 Å². The molecule has 0 aromatic carbocycles. The van der Waals surface area contributed by atoms with E-state index in [9.17, 15) is 14.0 Å². The number of hydrogen-bond donors (Lipinski definition) is 1. The van der Waals surface area contributed by atoms with Crippen LogP contribution in [0.15, 0.2) is 18.5 Å². The predicted molar refractivity (Wildman–Crippen MR) is 65.1 cm³/mol. The molecule has 0 atom stereocenters. The highest BCUT2D eigenvalue weighted by molar-refractivity contribution is 5.96. The summed E-state index contributed by atoms with van der Waals surface area (Å²) in [5, 5.41) is 8.91. The number of nitrogens with zero attached hydrogens (tertiary/aromatic N) is 2. The highest BCUT2D eigenvalue weighted by Crippen LogP contribution is 2.25. The van der Waals surface area contributed by atoms with E-state index in [0.29, 0.717) is 0 Å². The Bertz CT molecular complexity index is 487. The quantitative estimate of drug-likeness (QED) is 0.900. The molecule has 6 heteroatoms. The molecule has 2 rings (SSSR count). The molecule has 0 saturated heterocycles. The summed E-state index contributed by atoms with van der Waals surface area (Å²) in [5.74, 6) is -2.38. The van der Waals surface area contributed by atoms with Crippen LogP contribution in [0.4, 0.5) is 4.39 Å². The SMILES string of the molecule is O=C(O)CN(C(=O)c1ccncc1F)C1CCCC1. The first kappa shape index (κ1) is 13.5. The summed E-state index contributed by atoms with van der Waals surface area (Å²) >= 11 is 0. The number of amides is 1. The molecule has 0 radical (unpaired) electrons. The van der Waals surface area contributed by atoms with Gasteiger partial charge < -0.3 is 10.0 Å². The Kier molecular flexibility index (Phi) is 4.09. The lowest BCUT2D eigenvalue weighted by atomic mass is 10.1. The lowest BCUT2D eigenvalue weighted by Gasteiger charge is -2.27. The summed E-state index contributed by atoms with van der Waals surface area (Å²) in [4.78, 5) is 28.0. The lowest BCUT2D eigenvalue weighted by molar-refractivity contribution is -0.138. The van der Waals surface area contributed by atoms with Crippen LogP contribution in [0, 0.1) is 5.82 Å². The van der Waals surface area contributed by atoms with Crippen molar-refractivity contribution in [2.75, 3.05) is 6.54 Å². The van der Waals surface area contributed by atoms with Crippen LogP contribution in [0.5, 0.6) is 0 Å². The average Bonchev–Trinajstić information content (AvgIpc) is 2.89. The molecule has 0 bridgehead atoms. The first-order chi connectivity index (χ1) is 9.09. The zero-order valence-electron chi connectivity index (χ0n) is 10.4. The second kappa shape index (κ2) is 5.77. The minimum Gasteiger partial charge on any atom is -0.480 e. The van der Waals surface area contributed by atoms with Crippen molar-refractivity contribution in [3.05, 3.63) is 29.8 Å². The van der Waals surface area contributed by atoms with Crippen LogP contribution >= 0.6 is 0 Å². The molecule has 1 aliphatic rings. The summed E-state index contributed by atoms with van der Waals surface area (Å²) in [6.07, 6.45) is 5.75. The van der Waals surface area contributed by atoms with E-state index in [1.807, 2.05) is 0 Å². The molecule has 1 amide bonds. The minimum absolute atomic E-state index is 0.115. The molecule has 1 saturated carbocycles. The Morgan fingerprint density at radius 1 is 1.42 bits per heavy atom. The standard InChI is InChI=1S/C13H15FN2O3/c14-11-7-15-6-5-10(11)13(19)16(8-12(17)18)9-3-1-2-4-9/h5-7,9H,1-4,8H2,(H,17,18). The van der Waals surface area contributed by atoms with Crippen molar-refractivity contribution in [3.63, 3.8) is 0 Å². The van der Waals surface area contributed by atoms with E-state index in [0.717, 1.165) is 31.9 Å². The van der Waals surface area contributed by atoms with Crippen molar-refractivity contribution in [2.45, 2.75) is 31.7 Å². The average molecular weight is 266 g/mol. The number of aromatic nitrogens is 1. The van der Waals surface area contributed by atoms with Crippen molar-refractivity contribution in [1.82, 2.24) is 9.88 Å². The molecule has 5 nitrogen and oxygen atoms in total. The topological polar surface area (TPSA) is 70.5 Å². The van der Waals surface area contributed by atoms with Gasteiger partial charge in [0.2, 0.25) is 0 Å². The molecule has 102 valence electrons. The Labute approximate surface area is 110 Å². The fraction of sp³-hybridized carbons (Fsp3) is 0.462. The molecule has 1 aromatic heterocycles. The van der Waals surface area contributed by atoms with Gasteiger partial charge in [-0.25, -0.2) is 4.39 Å². The second-order valence-electron chi connectivity index (χ2n) is 4.62. The highest BCUT2D eigenvalue weighted by Gasteiger charge is 2.30. The monoisotopic (exact) mass is 266 g/mol. The van der Waals surface area contributed by atoms with Gasteiger partial charge in [0, 0.05) is 12.2 Å². The van der Waals surface area contributed by atoms with E-state index >= 15 is 0 Å². The van der Waals surface area contributed by atoms with Crippen LogP contribution in [0.2, 0.25) is 0 Å². The third-order valence-electron chi connectivity index (χ3n) is 3.33.